The number of phosphoric ester groups is 3. The first kappa shape index (κ1) is 53.4. The predicted molar refractivity (Wildman–Crippen MR) is 219 cm³/mol. The molecular formula is C29H47N10O20P3S2. The molecule has 30 nitrogen and oxygen atoms in total. The van der Waals surface area contributed by atoms with Crippen LogP contribution >= 0.6 is 47.0 Å². The summed E-state index contributed by atoms with van der Waals surface area (Å²) in [6.07, 6.45) is -5.70. The highest BCUT2D eigenvalue weighted by Gasteiger charge is 2.50. The molecule has 16 N–H and O–H groups in total. The number of rotatable bonds is 25. The van der Waals surface area contributed by atoms with Gasteiger partial charge in [-0.15, -0.1) is 17.2 Å². The predicted octanol–water partition coefficient (Wildman–Crippen LogP) is -3.12. The zero-order valence-electron chi connectivity index (χ0n) is 33.4. The third-order valence-electron chi connectivity index (χ3n) is 8.69. The standard InChI is InChI=1S/C29H47N10O20P3S2/c1-29(2,22(42)25(43)34-4-3-16(40)33-5-6-63-28(46)13(30)9-64-17-7-14(57-38-17)18(31)27(44)45)10-55-62(52,53)59-61(50,51)54-8-15-21(58-60(47,48)49)20(41)26(56-15)39-12-37-19-23(32)35-11-36-24(19)39/h7,11-13,15,17-18,20-22,26,38,41-42H,3-6,8-10,30-31H2,1-2H3,(H,33,40)(H,34,43)(H,44,45)(H,50,51)(H,52,53)(H2,32,35,36)(H2,47,48,49). The average molecular weight is 1010 g/mol. The van der Waals surface area contributed by atoms with Crippen LogP contribution in [-0.4, -0.2) is 157 Å². The summed E-state index contributed by atoms with van der Waals surface area (Å²) < 4.78 is 62.2. The van der Waals surface area contributed by atoms with Crippen LogP contribution in [-0.2, 0) is 60.3 Å². The number of imidazole rings is 1. The van der Waals surface area contributed by atoms with Crippen molar-refractivity contribution in [2.24, 2.45) is 16.9 Å². The lowest BCUT2D eigenvalue weighted by Gasteiger charge is -2.30. The van der Waals surface area contributed by atoms with Crippen LogP contribution in [0, 0.1) is 5.41 Å². The van der Waals surface area contributed by atoms with Crippen LogP contribution < -0.4 is 33.3 Å². The van der Waals surface area contributed by atoms with Crippen molar-refractivity contribution in [2.45, 2.75) is 68.4 Å². The van der Waals surface area contributed by atoms with Gasteiger partial charge in [-0.05, 0) is 6.08 Å². The second kappa shape index (κ2) is 22.5. The van der Waals surface area contributed by atoms with Crippen molar-refractivity contribution in [3.8, 4) is 0 Å². The molecule has 4 rings (SSSR count). The first-order chi connectivity index (χ1) is 29.7. The van der Waals surface area contributed by atoms with Gasteiger partial charge in [-0.25, -0.2) is 28.6 Å². The highest BCUT2D eigenvalue weighted by Crippen LogP contribution is 2.61. The number of nitrogens with zero attached hydrogens (tertiary/aromatic N) is 4. The smallest absolute Gasteiger partial charge is 0.480 e. The molecule has 0 bridgehead atoms. The van der Waals surface area contributed by atoms with E-state index in [0.717, 1.165) is 29.0 Å². The lowest BCUT2D eigenvalue weighted by molar-refractivity contribution is -0.139. The third-order valence-corrected chi connectivity index (χ3v) is 13.9. The van der Waals surface area contributed by atoms with Gasteiger partial charge in [0, 0.05) is 36.4 Å². The number of hydrogen-bond acceptors (Lipinski definition) is 24. The van der Waals surface area contributed by atoms with Crippen molar-refractivity contribution in [3.63, 3.8) is 0 Å². The van der Waals surface area contributed by atoms with Crippen LogP contribution in [0.1, 0.15) is 26.5 Å². The minimum atomic E-state index is -5.61. The number of aliphatic carboxylic acids is 1. The third kappa shape index (κ3) is 15.4. The fourth-order valence-corrected chi connectivity index (χ4v) is 9.93. The number of thioether (sulfide) groups is 2. The second-order valence-electron chi connectivity index (χ2n) is 14.2. The lowest BCUT2D eigenvalue weighted by Crippen LogP contribution is -2.46. The second-order valence-corrected chi connectivity index (χ2v) is 20.7. The summed E-state index contributed by atoms with van der Waals surface area (Å²) in [6, 6.07) is -2.24. The molecule has 35 heteroatoms. The molecule has 0 spiro atoms. The van der Waals surface area contributed by atoms with Gasteiger partial charge in [0.1, 0.15) is 41.6 Å². The maximum Gasteiger partial charge on any atom is 0.481 e. The van der Waals surface area contributed by atoms with Crippen LogP contribution in [0.15, 0.2) is 24.5 Å². The van der Waals surface area contributed by atoms with E-state index in [1.54, 1.807) is 0 Å². The number of anilines is 1. The lowest BCUT2D eigenvalue weighted by atomic mass is 9.87. The zero-order chi connectivity index (χ0) is 47.8. The summed E-state index contributed by atoms with van der Waals surface area (Å²) in [5.41, 5.74) is 18.2. The van der Waals surface area contributed by atoms with Gasteiger partial charge in [-0.2, -0.15) is 4.31 Å². The maximum absolute atomic E-state index is 12.7. The molecule has 10 unspecified atom stereocenters. The number of carbonyl (C=O) groups is 4. The van der Waals surface area contributed by atoms with Crippen molar-refractivity contribution < 1.29 is 95.2 Å². The number of hydrogen-bond donors (Lipinski definition) is 13. The molecule has 0 aromatic carbocycles. The van der Waals surface area contributed by atoms with Gasteiger partial charge in [0.15, 0.2) is 29.5 Å². The summed E-state index contributed by atoms with van der Waals surface area (Å²) in [7, 11) is -16.5. The summed E-state index contributed by atoms with van der Waals surface area (Å²) in [4.78, 5) is 104. The van der Waals surface area contributed by atoms with Crippen molar-refractivity contribution in [3.05, 3.63) is 24.5 Å². The first-order valence-electron chi connectivity index (χ1n) is 18.3. The number of carboxylic acids is 1. The Morgan fingerprint density at radius 2 is 1.73 bits per heavy atom. The number of hydroxylamine groups is 1. The molecule has 2 amide bonds. The van der Waals surface area contributed by atoms with E-state index in [4.69, 9.17) is 40.9 Å². The largest absolute Gasteiger partial charge is 0.481 e. The maximum atomic E-state index is 12.7. The summed E-state index contributed by atoms with van der Waals surface area (Å²) >= 11 is 2.05. The van der Waals surface area contributed by atoms with E-state index in [0.29, 0.717) is 0 Å². The van der Waals surface area contributed by atoms with E-state index in [9.17, 15) is 62.7 Å². The van der Waals surface area contributed by atoms with Crippen LogP contribution in [0.25, 0.3) is 11.2 Å². The van der Waals surface area contributed by atoms with Crippen LogP contribution in [0.2, 0.25) is 0 Å². The van der Waals surface area contributed by atoms with E-state index in [2.05, 4.69) is 39.9 Å². The van der Waals surface area contributed by atoms with Gasteiger partial charge < -0.3 is 72.3 Å². The van der Waals surface area contributed by atoms with Crippen molar-refractivity contribution in [2.75, 3.05) is 43.5 Å². The number of carbonyl (C=O) groups excluding carboxylic acids is 3. The number of nitrogen functional groups attached to an aromatic ring is 1. The monoisotopic (exact) mass is 1010 g/mol. The molecule has 0 saturated carbocycles. The van der Waals surface area contributed by atoms with E-state index in [1.807, 2.05) is 0 Å². The van der Waals surface area contributed by atoms with E-state index < -0.39 is 108 Å². The molecule has 0 radical (unpaired) electrons. The number of aliphatic hydroxyl groups excluding tert-OH is 2. The van der Waals surface area contributed by atoms with E-state index in [1.165, 1.54) is 31.7 Å². The van der Waals surface area contributed by atoms with Crippen LogP contribution in [0.3, 0.4) is 0 Å². The molecule has 0 aliphatic carbocycles. The molecule has 2 aliphatic rings. The Hall–Kier alpha value is -3.20. The van der Waals surface area contributed by atoms with Crippen LogP contribution in [0.4, 0.5) is 5.82 Å². The van der Waals surface area contributed by atoms with Crippen molar-refractivity contribution in [1.82, 2.24) is 35.6 Å². The Bertz CT molecular complexity index is 2190. The SMILES string of the molecule is CC(C)(COP(=O)(O)OP(=O)(O)OCC1OC(n2cnc3c(N)ncnc32)C(O)C1OP(=O)(O)O)C(O)C(=O)NCCC(=O)NCCSC(=O)C(N)CSC1C=C(C(N)C(=O)O)ON1. The van der Waals surface area contributed by atoms with Crippen LogP contribution in [0.5, 0.6) is 0 Å². The Morgan fingerprint density at radius 1 is 1.05 bits per heavy atom. The normalized spacial score (nSPS) is 23.6. The number of phosphoric acid groups is 3. The summed E-state index contributed by atoms with van der Waals surface area (Å²) in [5.74, 6) is -2.55. The number of nitrogens with one attached hydrogen (secondary N) is 3. The van der Waals surface area contributed by atoms with Gasteiger partial charge in [-0.1, -0.05) is 25.6 Å². The van der Waals surface area contributed by atoms with Gasteiger partial charge in [-0.3, -0.25) is 37.3 Å². The fourth-order valence-electron chi connectivity index (χ4n) is 5.38. The average Bonchev–Trinajstić information content (AvgIpc) is 3.93. The molecule has 2 aromatic rings. The molecule has 2 aliphatic heterocycles. The fraction of sp³-hybridized carbons (Fsp3) is 0.621. The molecule has 64 heavy (non-hydrogen) atoms. The Labute approximate surface area is 370 Å². The first-order valence-corrected chi connectivity index (χ1v) is 24.8. The highest BCUT2D eigenvalue weighted by molar-refractivity contribution is 8.13. The van der Waals surface area contributed by atoms with E-state index >= 15 is 0 Å². The molecule has 4 heterocycles. The quantitative estimate of drug-likeness (QED) is 0.0346. The number of aliphatic hydroxyl groups is 2. The number of amides is 2. The number of nitrogens with two attached hydrogens (primary N) is 3. The van der Waals surface area contributed by atoms with Gasteiger partial charge in [0.05, 0.1) is 25.6 Å². The number of fused-ring (bicyclic) bond motifs is 1. The summed E-state index contributed by atoms with van der Waals surface area (Å²) in [6.45, 7) is 0.148. The summed E-state index contributed by atoms with van der Waals surface area (Å²) in [5, 5.41) is 34.5. The molecule has 2 aromatic heterocycles. The minimum absolute atomic E-state index is 0.0148. The molecule has 10 atom stereocenters. The molecule has 1 saturated heterocycles. The number of aromatic nitrogens is 4. The van der Waals surface area contributed by atoms with E-state index in [-0.39, 0.29) is 58.9 Å². The Kier molecular flexibility index (Phi) is 18.8. The van der Waals surface area contributed by atoms with Crippen molar-refractivity contribution in [1.29, 1.82) is 0 Å². The number of carboxylic acid groups (broad SMARTS) is 1. The van der Waals surface area contributed by atoms with Crippen molar-refractivity contribution >= 4 is 86.9 Å². The number of ether oxygens (including phenoxy) is 1. The highest BCUT2D eigenvalue weighted by atomic mass is 32.2. The minimum Gasteiger partial charge on any atom is -0.480 e. The van der Waals surface area contributed by atoms with Gasteiger partial charge >= 0.3 is 29.4 Å². The van der Waals surface area contributed by atoms with Gasteiger partial charge in [0.25, 0.3) is 0 Å². The van der Waals surface area contributed by atoms with Gasteiger partial charge in [0.2, 0.25) is 16.9 Å². The molecular weight excluding hydrogens is 965 g/mol. The topological polar surface area (TPSA) is 474 Å². The molecule has 360 valence electrons. The Morgan fingerprint density at radius 3 is 2.41 bits per heavy atom. The zero-order valence-corrected chi connectivity index (χ0v) is 37.7. The molecule has 1 fully saturated rings. The Balaban J connectivity index is 1.16.